The smallest absolute Gasteiger partial charge is 0.0331 e. The van der Waals surface area contributed by atoms with E-state index in [4.69, 9.17) is 0 Å². The first-order chi connectivity index (χ1) is 6.34. The minimum absolute atomic E-state index is 0.964. The second-order valence-electron chi connectivity index (χ2n) is 4.41. The van der Waals surface area contributed by atoms with E-state index in [2.05, 4.69) is 23.5 Å². The molecule has 1 saturated carbocycles. The van der Waals surface area contributed by atoms with E-state index in [1.807, 2.05) is 11.9 Å². The Morgan fingerprint density at radius 2 is 2.08 bits per heavy atom. The Hall–Kier alpha value is -0.110. The Morgan fingerprint density at radius 3 is 2.69 bits per heavy atom. The zero-order valence-electron chi connectivity index (χ0n) is 8.41. The molecule has 74 valence electrons. The van der Waals surface area contributed by atoms with E-state index in [1.165, 1.54) is 38.0 Å². The molecule has 0 aromatic rings. The second kappa shape index (κ2) is 4.41. The zero-order valence-corrected chi connectivity index (χ0v) is 9.22. The highest BCUT2D eigenvalue weighted by Crippen LogP contribution is 2.31. The van der Waals surface area contributed by atoms with Crippen molar-refractivity contribution in [1.82, 2.24) is 4.31 Å². The number of hydrogen-bond donors (Lipinski definition) is 0. The van der Waals surface area contributed by atoms with Gasteiger partial charge in [-0.25, -0.2) is 0 Å². The molecule has 0 unspecified atom stereocenters. The Labute approximate surface area is 85.7 Å². The van der Waals surface area contributed by atoms with E-state index in [9.17, 15) is 0 Å². The molecule has 0 aromatic carbocycles. The third-order valence-electron chi connectivity index (χ3n) is 3.18. The maximum Gasteiger partial charge on any atom is 0.0331 e. The number of rotatable bonds is 2. The first kappa shape index (κ1) is 9.45. The van der Waals surface area contributed by atoms with Crippen molar-refractivity contribution in [2.75, 3.05) is 12.3 Å². The van der Waals surface area contributed by atoms with Gasteiger partial charge in [-0.2, -0.15) is 0 Å². The van der Waals surface area contributed by atoms with Crippen molar-refractivity contribution in [1.29, 1.82) is 0 Å². The van der Waals surface area contributed by atoms with Gasteiger partial charge in [0.25, 0.3) is 0 Å². The van der Waals surface area contributed by atoms with Crippen LogP contribution in [0.15, 0.2) is 12.3 Å². The Bertz CT molecular complexity index is 183. The van der Waals surface area contributed by atoms with Crippen molar-refractivity contribution in [2.45, 2.75) is 32.6 Å². The van der Waals surface area contributed by atoms with E-state index >= 15 is 0 Å². The summed E-state index contributed by atoms with van der Waals surface area (Å²) in [4.78, 5) is 0. The van der Waals surface area contributed by atoms with Gasteiger partial charge in [0.1, 0.15) is 0 Å². The molecule has 0 bridgehead atoms. The van der Waals surface area contributed by atoms with E-state index < -0.39 is 0 Å². The average Bonchev–Trinajstić information content (AvgIpc) is 2.62. The van der Waals surface area contributed by atoms with Gasteiger partial charge in [0, 0.05) is 18.5 Å². The molecule has 1 fully saturated rings. The third kappa shape index (κ3) is 2.67. The molecule has 0 spiro atoms. The zero-order chi connectivity index (χ0) is 9.10. The molecule has 2 rings (SSSR count). The fourth-order valence-electron chi connectivity index (χ4n) is 2.22. The largest absolute Gasteiger partial charge is 0.323 e. The summed E-state index contributed by atoms with van der Waals surface area (Å²) in [6, 6.07) is 0. The maximum atomic E-state index is 2.42. The topological polar surface area (TPSA) is 3.24 Å². The van der Waals surface area contributed by atoms with Crippen LogP contribution in [0.5, 0.6) is 0 Å². The summed E-state index contributed by atoms with van der Waals surface area (Å²) in [5, 5.41) is 0. The van der Waals surface area contributed by atoms with Gasteiger partial charge in [-0.05, 0) is 36.6 Å². The van der Waals surface area contributed by atoms with Crippen LogP contribution in [-0.2, 0) is 0 Å². The van der Waals surface area contributed by atoms with E-state index in [0.29, 0.717) is 0 Å². The lowest BCUT2D eigenvalue weighted by Gasteiger charge is -2.28. The van der Waals surface area contributed by atoms with E-state index in [1.54, 1.807) is 0 Å². The molecule has 0 radical (unpaired) electrons. The van der Waals surface area contributed by atoms with E-state index in [0.717, 1.165) is 11.8 Å². The van der Waals surface area contributed by atoms with Gasteiger partial charge < -0.3 is 4.31 Å². The van der Waals surface area contributed by atoms with Gasteiger partial charge in [-0.1, -0.05) is 25.8 Å². The summed E-state index contributed by atoms with van der Waals surface area (Å²) < 4.78 is 2.42. The van der Waals surface area contributed by atoms with Crippen LogP contribution in [0.4, 0.5) is 0 Å². The van der Waals surface area contributed by atoms with Crippen LogP contribution < -0.4 is 0 Å². The molecule has 0 atom stereocenters. The van der Waals surface area contributed by atoms with Crippen molar-refractivity contribution < 1.29 is 0 Å². The monoisotopic (exact) mass is 197 g/mol. The molecule has 2 heteroatoms. The molecule has 0 amide bonds. The highest BCUT2D eigenvalue weighted by Gasteiger charge is 2.20. The van der Waals surface area contributed by atoms with Gasteiger partial charge in [-0.15, -0.1) is 0 Å². The standard InChI is InChI=1S/C11H19NS/c1-10-3-5-11(6-4-10)9-12-7-2-8-13-12/h2,7,10-11H,3-6,8-9H2,1H3. The fourth-order valence-corrected chi connectivity index (χ4v) is 3.07. The van der Waals surface area contributed by atoms with Gasteiger partial charge in [0.2, 0.25) is 0 Å². The molecule has 1 heterocycles. The van der Waals surface area contributed by atoms with Crippen LogP contribution >= 0.6 is 11.9 Å². The van der Waals surface area contributed by atoms with Crippen molar-refractivity contribution in [3.05, 3.63) is 12.3 Å². The highest BCUT2D eigenvalue weighted by atomic mass is 32.2. The molecule has 0 N–H and O–H groups in total. The second-order valence-corrected chi connectivity index (χ2v) is 5.47. The van der Waals surface area contributed by atoms with Crippen molar-refractivity contribution in [3.8, 4) is 0 Å². The lowest BCUT2D eigenvalue weighted by Crippen LogP contribution is -2.22. The minimum Gasteiger partial charge on any atom is -0.323 e. The van der Waals surface area contributed by atoms with Crippen molar-refractivity contribution >= 4 is 11.9 Å². The summed E-state index contributed by atoms with van der Waals surface area (Å²) in [7, 11) is 0. The maximum absolute atomic E-state index is 2.42. The minimum atomic E-state index is 0.964. The molecule has 1 aliphatic carbocycles. The SMILES string of the molecule is CC1CCC(CN2C=CCS2)CC1. The third-order valence-corrected chi connectivity index (χ3v) is 4.13. The average molecular weight is 197 g/mol. The molecule has 13 heavy (non-hydrogen) atoms. The number of nitrogens with zero attached hydrogens (tertiary/aromatic N) is 1. The summed E-state index contributed by atoms with van der Waals surface area (Å²) in [5.74, 6) is 3.13. The van der Waals surface area contributed by atoms with Gasteiger partial charge >= 0.3 is 0 Å². The van der Waals surface area contributed by atoms with Crippen LogP contribution in [0, 0.1) is 11.8 Å². The molecule has 1 aliphatic heterocycles. The van der Waals surface area contributed by atoms with Crippen LogP contribution in [0.1, 0.15) is 32.6 Å². The summed E-state index contributed by atoms with van der Waals surface area (Å²) in [5.41, 5.74) is 0. The van der Waals surface area contributed by atoms with Crippen LogP contribution in [0.25, 0.3) is 0 Å². The van der Waals surface area contributed by atoms with Crippen molar-refractivity contribution in [2.24, 2.45) is 11.8 Å². The van der Waals surface area contributed by atoms with Gasteiger partial charge in [-0.3, -0.25) is 0 Å². The van der Waals surface area contributed by atoms with Crippen LogP contribution in [0.2, 0.25) is 0 Å². The number of hydrogen-bond acceptors (Lipinski definition) is 2. The summed E-state index contributed by atoms with van der Waals surface area (Å²) in [6.07, 6.45) is 10.3. The fraction of sp³-hybridized carbons (Fsp3) is 0.818. The Kier molecular flexibility index (Phi) is 3.20. The lowest BCUT2D eigenvalue weighted by atomic mass is 9.83. The lowest BCUT2D eigenvalue weighted by molar-refractivity contribution is 0.268. The predicted molar refractivity (Wildman–Crippen MR) is 59.4 cm³/mol. The first-order valence-corrected chi connectivity index (χ1v) is 6.35. The molecular formula is C11H19NS. The van der Waals surface area contributed by atoms with Crippen molar-refractivity contribution in [3.63, 3.8) is 0 Å². The normalized spacial score (nSPS) is 34.1. The first-order valence-electron chi connectivity index (χ1n) is 5.41. The summed E-state index contributed by atoms with van der Waals surface area (Å²) >= 11 is 1.96. The Balaban J connectivity index is 1.72. The van der Waals surface area contributed by atoms with Gasteiger partial charge in [0.15, 0.2) is 0 Å². The molecule has 1 nitrogen and oxygen atoms in total. The van der Waals surface area contributed by atoms with Crippen LogP contribution in [-0.4, -0.2) is 16.6 Å². The summed E-state index contributed by atoms with van der Waals surface area (Å²) in [6.45, 7) is 3.68. The molecule has 0 saturated heterocycles. The quantitative estimate of drug-likeness (QED) is 0.625. The predicted octanol–water partition coefficient (Wildman–Crippen LogP) is 3.29. The van der Waals surface area contributed by atoms with Gasteiger partial charge in [0.05, 0.1) is 0 Å². The van der Waals surface area contributed by atoms with Crippen LogP contribution in [0.3, 0.4) is 0 Å². The molecule has 2 aliphatic rings. The Morgan fingerprint density at radius 1 is 1.31 bits per heavy atom. The molecular weight excluding hydrogens is 178 g/mol. The highest BCUT2D eigenvalue weighted by molar-refractivity contribution is 7.97. The van der Waals surface area contributed by atoms with E-state index in [-0.39, 0.29) is 0 Å². The molecule has 0 aromatic heterocycles.